The molecule has 0 unspecified atom stereocenters. The third-order valence-electron chi connectivity index (χ3n) is 4.77. The van der Waals surface area contributed by atoms with E-state index >= 15 is 0 Å². The van der Waals surface area contributed by atoms with Gasteiger partial charge in [0.05, 0.1) is 34.4 Å². The third-order valence-corrected chi connectivity index (χ3v) is 6.09. The highest BCUT2D eigenvalue weighted by molar-refractivity contribution is 7.89. The van der Waals surface area contributed by atoms with Crippen molar-refractivity contribution in [2.45, 2.75) is 6.61 Å². The van der Waals surface area contributed by atoms with E-state index in [2.05, 4.69) is 11.2 Å². The number of benzene rings is 2. The summed E-state index contributed by atoms with van der Waals surface area (Å²) in [4.78, 5) is 0. The molecule has 2 heterocycles. The molecule has 0 aliphatic carbocycles. The van der Waals surface area contributed by atoms with Crippen molar-refractivity contribution in [2.75, 3.05) is 18.7 Å². The number of halogens is 2. The molecule has 0 spiro atoms. The van der Waals surface area contributed by atoms with Gasteiger partial charge in [-0.15, -0.1) is 11.6 Å². The minimum atomic E-state index is -3.43. The van der Waals surface area contributed by atoms with Crippen LogP contribution in [0.1, 0.15) is 11.1 Å². The van der Waals surface area contributed by atoms with Crippen molar-refractivity contribution in [3.63, 3.8) is 0 Å². The van der Waals surface area contributed by atoms with Gasteiger partial charge in [-0.05, 0) is 36.4 Å². The van der Waals surface area contributed by atoms with Gasteiger partial charge < -0.3 is 14.0 Å². The van der Waals surface area contributed by atoms with Crippen LogP contribution in [0.2, 0.25) is 5.02 Å². The molecule has 0 saturated heterocycles. The average molecular weight is 505 g/mol. The lowest BCUT2D eigenvalue weighted by Crippen LogP contribution is -2.10. The minimum Gasteiger partial charge on any atom is -0.489 e. The van der Waals surface area contributed by atoms with Crippen LogP contribution in [0.4, 0.5) is 0 Å². The molecule has 0 aliphatic heterocycles. The number of ether oxygens (including phenoxy) is 2. The number of nitriles is 1. The molecule has 33 heavy (non-hydrogen) atoms. The van der Waals surface area contributed by atoms with E-state index in [1.807, 2.05) is 35.0 Å². The van der Waals surface area contributed by atoms with Gasteiger partial charge in [-0.1, -0.05) is 11.6 Å². The van der Waals surface area contributed by atoms with Crippen LogP contribution in [0, 0.1) is 11.3 Å². The van der Waals surface area contributed by atoms with Crippen molar-refractivity contribution in [2.24, 2.45) is 0 Å². The predicted molar refractivity (Wildman–Crippen MR) is 126 cm³/mol. The lowest BCUT2D eigenvalue weighted by Gasteiger charge is -2.12. The fourth-order valence-corrected chi connectivity index (χ4v) is 4.18. The maximum Gasteiger partial charge on any atom is 0.250 e. The fourth-order valence-electron chi connectivity index (χ4n) is 3.29. The molecule has 0 aliphatic rings. The molecule has 0 amide bonds. The van der Waals surface area contributed by atoms with Gasteiger partial charge in [0.25, 0.3) is 10.0 Å². The first-order valence-electron chi connectivity index (χ1n) is 9.71. The number of hydrogen-bond donors (Lipinski definition) is 0. The van der Waals surface area contributed by atoms with E-state index < -0.39 is 10.0 Å². The Kier molecular flexibility index (Phi) is 6.51. The highest BCUT2D eigenvalue weighted by Crippen LogP contribution is 2.33. The van der Waals surface area contributed by atoms with Crippen molar-refractivity contribution < 1.29 is 17.9 Å². The zero-order chi connectivity index (χ0) is 23.6. The highest BCUT2D eigenvalue weighted by Gasteiger charge is 2.14. The van der Waals surface area contributed by atoms with Crippen LogP contribution >= 0.6 is 23.2 Å². The van der Waals surface area contributed by atoms with Crippen LogP contribution in [0.5, 0.6) is 11.5 Å². The van der Waals surface area contributed by atoms with Gasteiger partial charge in [0.1, 0.15) is 25.0 Å². The second kappa shape index (κ2) is 9.35. The monoisotopic (exact) mass is 504 g/mol. The summed E-state index contributed by atoms with van der Waals surface area (Å²) in [5.74, 6) is 1.22. The van der Waals surface area contributed by atoms with Crippen molar-refractivity contribution in [1.82, 2.24) is 13.8 Å². The molecule has 0 fully saturated rings. The second-order valence-electron chi connectivity index (χ2n) is 7.13. The zero-order valence-electron chi connectivity index (χ0n) is 17.4. The molecule has 4 rings (SSSR count). The first-order chi connectivity index (χ1) is 15.8. The Morgan fingerprint density at radius 2 is 2.00 bits per heavy atom. The van der Waals surface area contributed by atoms with Crippen LogP contribution in [0.3, 0.4) is 0 Å². The van der Waals surface area contributed by atoms with Crippen molar-refractivity contribution in [1.29, 1.82) is 5.26 Å². The molecule has 4 aromatic rings. The summed E-state index contributed by atoms with van der Waals surface area (Å²) in [5.41, 5.74) is 2.56. The van der Waals surface area contributed by atoms with Gasteiger partial charge in [-0.25, -0.2) is 8.42 Å². The van der Waals surface area contributed by atoms with Crippen LogP contribution in [-0.4, -0.2) is 40.9 Å². The lowest BCUT2D eigenvalue weighted by atomic mass is 10.2. The van der Waals surface area contributed by atoms with Gasteiger partial charge in [0, 0.05) is 29.0 Å². The quantitative estimate of drug-likeness (QED) is 0.330. The smallest absolute Gasteiger partial charge is 0.250 e. The van der Waals surface area contributed by atoms with E-state index in [-0.39, 0.29) is 19.1 Å². The average Bonchev–Trinajstić information content (AvgIpc) is 3.43. The first kappa shape index (κ1) is 23.0. The number of alkyl halides is 1. The summed E-state index contributed by atoms with van der Waals surface area (Å²) in [5, 5.41) is 14.6. The van der Waals surface area contributed by atoms with E-state index in [0.717, 1.165) is 21.2 Å². The standard InChI is InChI=1S/C22H18Cl2N4O4S/c1-33(29,30)28-13-15(12-26-28)14-32-19-2-3-21-16(9-19)4-6-27(21)18-8-17(11-25)22(20(24)10-18)31-7-5-23/h2-4,6,8-10,12-13H,5,7,14H2,1H3. The number of fused-ring (bicyclic) bond motifs is 1. The molecular weight excluding hydrogens is 487 g/mol. The summed E-state index contributed by atoms with van der Waals surface area (Å²) in [6.07, 6.45) is 5.82. The predicted octanol–water partition coefficient (Wildman–Crippen LogP) is 4.36. The fraction of sp³-hybridized carbons (Fsp3) is 0.182. The van der Waals surface area contributed by atoms with E-state index in [9.17, 15) is 13.7 Å². The van der Waals surface area contributed by atoms with E-state index in [0.29, 0.717) is 33.3 Å². The molecule has 2 aromatic carbocycles. The van der Waals surface area contributed by atoms with Gasteiger partial charge in [-0.2, -0.15) is 14.4 Å². The minimum absolute atomic E-state index is 0.173. The summed E-state index contributed by atoms with van der Waals surface area (Å²) >= 11 is 12.0. The third kappa shape index (κ3) is 4.93. The number of aromatic nitrogens is 3. The van der Waals surface area contributed by atoms with Crippen molar-refractivity contribution >= 4 is 44.1 Å². The van der Waals surface area contributed by atoms with Crippen molar-refractivity contribution in [3.05, 3.63) is 71.1 Å². The number of nitrogens with zero attached hydrogens (tertiary/aromatic N) is 4. The highest BCUT2D eigenvalue weighted by atomic mass is 35.5. The number of rotatable bonds is 8. The molecule has 170 valence electrons. The zero-order valence-corrected chi connectivity index (χ0v) is 19.7. The van der Waals surface area contributed by atoms with Crippen molar-refractivity contribution in [3.8, 4) is 23.3 Å². The van der Waals surface area contributed by atoms with Crippen LogP contribution in [0.25, 0.3) is 16.6 Å². The molecule has 0 atom stereocenters. The van der Waals surface area contributed by atoms with Gasteiger partial charge in [0.15, 0.2) is 5.75 Å². The Balaban J connectivity index is 1.58. The lowest BCUT2D eigenvalue weighted by molar-refractivity contribution is 0.306. The van der Waals surface area contributed by atoms with Crippen LogP contribution in [0.15, 0.2) is 55.0 Å². The summed E-state index contributed by atoms with van der Waals surface area (Å²) in [6, 6.07) is 13.0. The van der Waals surface area contributed by atoms with E-state index in [1.54, 1.807) is 12.1 Å². The number of hydrogen-bond acceptors (Lipinski definition) is 6. The first-order valence-corrected chi connectivity index (χ1v) is 12.5. The Bertz CT molecular complexity index is 1470. The molecule has 0 radical (unpaired) electrons. The van der Waals surface area contributed by atoms with Gasteiger partial charge in [0.2, 0.25) is 0 Å². The van der Waals surface area contributed by atoms with E-state index in [1.165, 1.54) is 12.4 Å². The second-order valence-corrected chi connectivity index (χ2v) is 9.76. The molecule has 0 N–H and O–H groups in total. The summed E-state index contributed by atoms with van der Waals surface area (Å²) < 4.78 is 37.2. The molecular formula is C22H18Cl2N4O4S. The summed E-state index contributed by atoms with van der Waals surface area (Å²) in [7, 11) is -3.43. The maximum atomic E-state index is 11.5. The Labute approximate surface area is 200 Å². The largest absolute Gasteiger partial charge is 0.489 e. The maximum absolute atomic E-state index is 11.5. The molecule has 0 saturated carbocycles. The van der Waals surface area contributed by atoms with E-state index in [4.69, 9.17) is 32.7 Å². The topological polar surface area (TPSA) is 99.1 Å². The Morgan fingerprint density at radius 3 is 2.70 bits per heavy atom. The van der Waals surface area contributed by atoms with Crippen LogP contribution < -0.4 is 9.47 Å². The van der Waals surface area contributed by atoms with Crippen LogP contribution in [-0.2, 0) is 16.6 Å². The van der Waals surface area contributed by atoms with Gasteiger partial charge >= 0.3 is 0 Å². The molecule has 11 heteroatoms. The SMILES string of the molecule is CS(=O)(=O)n1cc(COc2ccc3c(ccn3-c3cc(Cl)c(OCCCl)c(C#N)c3)c2)cn1. The van der Waals surface area contributed by atoms with Gasteiger partial charge in [-0.3, -0.25) is 0 Å². The summed E-state index contributed by atoms with van der Waals surface area (Å²) in [6.45, 7) is 0.423. The Hall–Kier alpha value is -3.19. The molecule has 2 aromatic heterocycles. The molecule has 8 nitrogen and oxygen atoms in total. The molecule has 0 bridgehead atoms. The normalized spacial score (nSPS) is 11.5. The Morgan fingerprint density at radius 1 is 1.18 bits per heavy atom.